The Morgan fingerprint density at radius 3 is 2.61 bits per heavy atom. The van der Waals surface area contributed by atoms with Gasteiger partial charge >= 0.3 is 0 Å². The van der Waals surface area contributed by atoms with E-state index in [0.717, 1.165) is 46.6 Å². The van der Waals surface area contributed by atoms with Crippen LogP contribution in [0, 0.1) is 19.8 Å². The van der Waals surface area contributed by atoms with Crippen LogP contribution in [0.2, 0.25) is 0 Å². The molecule has 1 unspecified atom stereocenters. The van der Waals surface area contributed by atoms with Gasteiger partial charge in [-0.2, -0.15) is 0 Å². The van der Waals surface area contributed by atoms with Gasteiger partial charge in [-0.1, -0.05) is 15.9 Å². The van der Waals surface area contributed by atoms with Gasteiger partial charge in [-0.3, -0.25) is 4.79 Å². The van der Waals surface area contributed by atoms with Crippen molar-refractivity contribution in [3.05, 3.63) is 51.8 Å². The summed E-state index contributed by atoms with van der Waals surface area (Å²) in [7, 11) is 0. The number of carbonyl (C=O) groups excluding carboxylic acids is 1. The first kappa shape index (κ1) is 16.3. The van der Waals surface area contributed by atoms with Crippen molar-refractivity contribution in [3.63, 3.8) is 0 Å². The van der Waals surface area contributed by atoms with Crippen molar-refractivity contribution in [1.82, 2.24) is 9.47 Å². The van der Waals surface area contributed by atoms with Crippen molar-refractivity contribution >= 4 is 21.8 Å². The summed E-state index contributed by atoms with van der Waals surface area (Å²) in [6, 6.07) is 10.1. The molecule has 1 fully saturated rings. The zero-order valence-electron chi connectivity index (χ0n) is 13.6. The third-order valence-electron chi connectivity index (χ3n) is 4.65. The van der Waals surface area contributed by atoms with Crippen LogP contribution in [0.4, 0.5) is 0 Å². The van der Waals surface area contributed by atoms with Crippen molar-refractivity contribution < 1.29 is 4.79 Å². The van der Waals surface area contributed by atoms with Gasteiger partial charge in [0.15, 0.2) is 0 Å². The lowest BCUT2D eigenvalue weighted by atomic mass is 10.1. The van der Waals surface area contributed by atoms with Crippen LogP contribution in [-0.4, -0.2) is 35.0 Å². The molecule has 1 aromatic heterocycles. The molecule has 0 saturated carbocycles. The average Bonchev–Trinajstić information content (AvgIpc) is 3.13. The van der Waals surface area contributed by atoms with E-state index in [0.29, 0.717) is 12.5 Å². The Hall–Kier alpha value is -1.59. The number of benzene rings is 1. The molecule has 1 aliphatic heterocycles. The van der Waals surface area contributed by atoms with Crippen LogP contribution in [0.3, 0.4) is 0 Å². The van der Waals surface area contributed by atoms with Gasteiger partial charge in [0.2, 0.25) is 0 Å². The molecule has 1 aromatic carbocycles. The van der Waals surface area contributed by atoms with Crippen LogP contribution >= 0.6 is 15.9 Å². The quantitative estimate of drug-likeness (QED) is 0.894. The summed E-state index contributed by atoms with van der Waals surface area (Å²) in [5.41, 5.74) is 9.67. The van der Waals surface area contributed by atoms with E-state index in [2.05, 4.69) is 32.6 Å². The molecule has 4 nitrogen and oxygen atoms in total. The summed E-state index contributed by atoms with van der Waals surface area (Å²) in [6.07, 6.45) is 1.01. The second-order valence-electron chi connectivity index (χ2n) is 6.24. The number of nitrogens with two attached hydrogens (primary N) is 1. The minimum Gasteiger partial charge on any atom is -0.338 e. The van der Waals surface area contributed by atoms with Crippen LogP contribution in [0.15, 0.2) is 34.8 Å². The standard InChI is InChI=1S/C18H22BrN3O/c1-12-9-17(18(23)21-8-7-14(10-20)11-21)13(2)22(12)16-5-3-15(19)4-6-16/h3-6,9,14H,7-8,10-11,20H2,1-2H3. The Balaban J connectivity index is 1.91. The Morgan fingerprint density at radius 2 is 2.00 bits per heavy atom. The molecule has 0 aliphatic carbocycles. The van der Waals surface area contributed by atoms with Gasteiger partial charge in [0, 0.05) is 34.6 Å². The minimum absolute atomic E-state index is 0.123. The number of halogens is 1. The molecule has 1 atom stereocenters. The summed E-state index contributed by atoms with van der Waals surface area (Å²) < 4.78 is 3.18. The van der Waals surface area contributed by atoms with E-state index in [1.165, 1.54) is 0 Å². The summed E-state index contributed by atoms with van der Waals surface area (Å²) in [4.78, 5) is 14.8. The topological polar surface area (TPSA) is 51.3 Å². The molecular formula is C18H22BrN3O. The number of hydrogen-bond donors (Lipinski definition) is 1. The van der Waals surface area contributed by atoms with Crippen molar-refractivity contribution in [2.45, 2.75) is 20.3 Å². The predicted molar refractivity (Wildman–Crippen MR) is 96.0 cm³/mol. The summed E-state index contributed by atoms with van der Waals surface area (Å²) in [5.74, 6) is 0.561. The molecule has 3 rings (SSSR count). The second kappa shape index (κ2) is 6.49. The maximum atomic E-state index is 12.8. The SMILES string of the molecule is Cc1cc(C(=O)N2CCC(CN)C2)c(C)n1-c1ccc(Br)cc1. The van der Waals surface area contributed by atoms with Crippen molar-refractivity contribution in [2.75, 3.05) is 19.6 Å². The molecule has 0 bridgehead atoms. The van der Waals surface area contributed by atoms with Gasteiger partial charge in [-0.05, 0) is 63.1 Å². The van der Waals surface area contributed by atoms with Crippen LogP contribution in [-0.2, 0) is 0 Å². The average molecular weight is 376 g/mol. The number of hydrogen-bond acceptors (Lipinski definition) is 2. The maximum absolute atomic E-state index is 12.8. The summed E-state index contributed by atoms with van der Waals surface area (Å²) in [5, 5.41) is 0. The van der Waals surface area contributed by atoms with E-state index >= 15 is 0 Å². The number of likely N-dealkylation sites (tertiary alicyclic amines) is 1. The molecule has 1 saturated heterocycles. The van der Waals surface area contributed by atoms with Crippen LogP contribution in [0.25, 0.3) is 5.69 Å². The van der Waals surface area contributed by atoms with Crippen LogP contribution < -0.4 is 5.73 Å². The molecule has 1 aliphatic rings. The molecule has 0 spiro atoms. The van der Waals surface area contributed by atoms with Crippen molar-refractivity contribution in [3.8, 4) is 5.69 Å². The molecule has 23 heavy (non-hydrogen) atoms. The Morgan fingerprint density at radius 1 is 1.30 bits per heavy atom. The predicted octanol–water partition coefficient (Wildman–Crippen LogP) is 3.28. The smallest absolute Gasteiger partial charge is 0.255 e. The number of nitrogens with zero attached hydrogens (tertiary/aromatic N) is 2. The Kier molecular flexibility index (Phi) is 4.60. The lowest BCUT2D eigenvalue weighted by molar-refractivity contribution is 0.0787. The molecule has 2 N–H and O–H groups in total. The van der Waals surface area contributed by atoms with E-state index < -0.39 is 0 Å². The number of amides is 1. The van der Waals surface area contributed by atoms with E-state index in [-0.39, 0.29) is 5.91 Å². The van der Waals surface area contributed by atoms with Gasteiger partial charge in [0.05, 0.1) is 5.56 Å². The first-order valence-corrected chi connectivity index (χ1v) is 8.74. The number of aromatic nitrogens is 1. The first-order chi connectivity index (χ1) is 11.0. The third kappa shape index (κ3) is 3.08. The lowest BCUT2D eigenvalue weighted by Crippen LogP contribution is -2.30. The van der Waals surface area contributed by atoms with E-state index in [1.54, 1.807) is 0 Å². The van der Waals surface area contributed by atoms with Gasteiger partial charge in [-0.15, -0.1) is 0 Å². The van der Waals surface area contributed by atoms with E-state index in [4.69, 9.17) is 5.73 Å². The normalized spacial score (nSPS) is 17.7. The molecule has 1 amide bonds. The largest absolute Gasteiger partial charge is 0.338 e. The minimum atomic E-state index is 0.123. The first-order valence-electron chi connectivity index (χ1n) is 7.95. The Bertz CT molecular complexity index is 721. The van der Waals surface area contributed by atoms with E-state index in [1.807, 2.05) is 36.9 Å². The summed E-state index contributed by atoms with van der Waals surface area (Å²) in [6.45, 7) is 6.29. The monoisotopic (exact) mass is 375 g/mol. The van der Waals surface area contributed by atoms with Gasteiger partial charge in [0.1, 0.15) is 0 Å². The van der Waals surface area contributed by atoms with Gasteiger partial charge < -0.3 is 15.2 Å². The van der Waals surface area contributed by atoms with Crippen molar-refractivity contribution in [1.29, 1.82) is 0 Å². The highest BCUT2D eigenvalue weighted by molar-refractivity contribution is 9.10. The summed E-state index contributed by atoms with van der Waals surface area (Å²) >= 11 is 3.46. The zero-order chi connectivity index (χ0) is 16.6. The Labute approximate surface area is 145 Å². The fourth-order valence-corrected chi connectivity index (χ4v) is 3.61. The van der Waals surface area contributed by atoms with Crippen LogP contribution in [0.1, 0.15) is 28.2 Å². The van der Waals surface area contributed by atoms with Gasteiger partial charge in [0.25, 0.3) is 5.91 Å². The molecule has 5 heteroatoms. The molecule has 2 aromatic rings. The van der Waals surface area contributed by atoms with E-state index in [9.17, 15) is 4.79 Å². The highest BCUT2D eigenvalue weighted by Crippen LogP contribution is 2.25. The fourth-order valence-electron chi connectivity index (χ4n) is 3.35. The maximum Gasteiger partial charge on any atom is 0.255 e. The number of rotatable bonds is 3. The zero-order valence-corrected chi connectivity index (χ0v) is 15.1. The second-order valence-corrected chi connectivity index (χ2v) is 7.15. The molecule has 2 heterocycles. The third-order valence-corrected chi connectivity index (χ3v) is 5.18. The highest BCUT2D eigenvalue weighted by Gasteiger charge is 2.28. The van der Waals surface area contributed by atoms with Gasteiger partial charge in [-0.25, -0.2) is 0 Å². The number of carbonyl (C=O) groups is 1. The molecular weight excluding hydrogens is 354 g/mol. The van der Waals surface area contributed by atoms with Crippen LogP contribution in [0.5, 0.6) is 0 Å². The number of aryl methyl sites for hydroxylation is 1. The lowest BCUT2D eigenvalue weighted by Gasteiger charge is -2.16. The molecule has 0 radical (unpaired) electrons. The highest BCUT2D eigenvalue weighted by atomic mass is 79.9. The molecule has 122 valence electrons. The van der Waals surface area contributed by atoms with Crippen molar-refractivity contribution in [2.24, 2.45) is 11.7 Å². The fraction of sp³-hybridized carbons (Fsp3) is 0.389.